The highest BCUT2D eigenvalue weighted by Crippen LogP contribution is 2.24. The fourth-order valence-electron chi connectivity index (χ4n) is 3.14. The van der Waals surface area contributed by atoms with Gasteiger partial charge in [-0.3, -0.25) is 9.48 Å². The molecule has 0 N–H and O–H groups in total. The number of piperidine rings is 1. The van der Waals surface area contributed by atoms with E-state index in [1.165, 1.54) is 6.42 Å². The van der Waals surface area contributed by atoms with E-state index in [-0.39, 0.29) is 5.91 Å². The second-order valence-electron chi connectivity index (χ2n) is 5.89. The maximum atomic E-state index is 12.5. The lowest BCUT2D eigenvalue weighted by molar-refractivity contribution is -0.137. The van der Waals surface area contributed by atoms with Crippen LogP contribution in [0, 0.1) is 13.8 Å². The van der Waals surface area contributed by atoms with E-state index in [4.69, 9.17) is 0 Å². The molecule has 1 aliphatic heterocycles. The van der Waals surface area contributed by atoms with Gasteiger partial charge in [0, 0.05) is 24.2 Å². The Morgan fingerprint density at radius 2 is 1.90 bits per heavy atom. The van der Waals surface area contributed by atoms with Gasteiger partial charge < -0.3 is 4.90 Å². The first kappa shape index (κ1) is 15.5. The van der Waals surface area contributed by atoms with Gasteiger partial charge in [-0.1, -0.05) is 0 Å². The molecule has 0 bridgehead atoms. The summed E-state index contributed by atoms with van der Waals surface area (Å²) in [4.78, 5) is 14.5. The zero-order valence-corrected chi connectivity index (χ0v) is 14.4. The second kappa shape index (κ2) is 6.29. The molecular weight excluding hydrogens is 318 g/mol. The lowest BCUT2D eigenvalue weighted by Crippen LogP contribution is -2.47. The average molecular weight is 342 g/mol. The molecule has 0 aliphatic carbocycles. The van der Waals surface area contributed by atoms with Crippen molar-refractivity contribution in [2.45, 2.75) is 72.0 Å². The number of carbonyl (C=O) groups is 1. The molecule has 0 saturated carbocycles. The normalized spacial score (nSPS) is 23.1. The first-order valence-corrected chi connectivity index (χ1v) is 8.21. The van der Waals surface area contributed by atoms with Crippen molar-refractivity contribution < 1.29 is 4.79 Å². The van der Waals surface area contributed by atoms with Gasteiger partial charge in [0.25, 0.3) is 0 Å². The Labute approximate surface area is 129 Å². The summed E-state index contributed by atoms with van der Waals surface area (Å²) in [6, 6.07) is 0.747. The molecule has 20 heavy (non-hydrogen) atoms. The number of rotatable bonds is 3. The number of likely N-dealkylation sites (tertiary alicyclic amines) is 1. The highest BCUT2D eigenvalue weighted by molar-refractivity contribution is 9.10. The molecule has 1 aliphatic rings. The molecule has 0 aromatic carbocycles. The van der Waals surface area contributed by atoms with Gasteiger partial charge in [-0.25, -0.2) is 0 Å². The van der Waals surface area contributed by atoms with Crippen molar-refractivity contribution in [3.63, 3.8) is 0 Å². The van der Waals surface area contributed by atoms with Crippen LogP contribution in [0.3, 0.4) is 0 Å². The fraction of sp³-hybridized carbons (Fsp3) is 0.733. The summed E-state index contributed by atoms with van der Waals surface area (Å²) in [5.41, 5.74) is 2.07. The number of nitrogens with zero attached hydrogens (tertiary/aromatic N) is 3. The monoisotopic (exact) mass is 341 g/mol. The van der Waals surface area contributed by atoms with Crippen LogP contribution in [-0.4, -0.2) is 32.7 Å². The summed E-state index contributed by atoms with van der Waals surface area (Å²) in [5.74, 6) is 0.258. The maximum absolute atomic E-state index is 12.5. The van der Waals surface area contributed by atoms with E-state index in [1.807, 2.05) is 18.5 Å². The summed E-state index contributed by atoms with van der Waals surface area (Å²) in [6.45, 7) is 8.98. The van der Waals surface area contributed by atoms with Gasteiger partial charge in [0.05, 0.1) is 16.7 Å². The molecular formula is C15H24BrN3O. The predicted octanol–water partition coefficient (Wildman–Crippen LogP) is 3.44. The third-order valence-corrected chi connectivity index (χ3v) is 5.46. The molecule has 112 valence electrons. The molecule has 0 spiro atoms. The Balaban J connectivity index is 1.99. The number of hydrogen-bond acceptors (Lipinski definition) is 2. The van der Waals surface area contributed by atoms with Crippen LogP contribution in [0.25, 0.3) is 0 Å². The molecule has 2 heterocycles. The van der Waals surface area contributed by atoms with Crippen molar-refractivity contribution in [3.05, 3.63) is 15.9 Å². The summed E-state index contributed by atoms with van der Waals surface area (Å²) < 4.78 is 2.97. The Morgan fingerprint density at radius 3 is 2.40 bits per heavy atom. The molecule has 4 nitrogen and oxygen atoms in total. The van der Waals surface area contributed by atoms with Crippen LogP contribution in [-0.2, 0) is 11.3 Å². The molecule has 1 saturated heterocycles. The van der Waals surface area contributed by atoms with Crippen LogP contribution in [0.15, 0.2) is 4.47 Å². The summed E-state index contributed by atoms with van der Waals surface area (Å²) in [6.07, 6.45) is 4.02. The highest BCUT2D eigenvalue weighted by atomic mass is 79.9. The number of carbonyl (C=O) groups excluding carboxylic acids is 1. The number of aryl methyl sites for hydroxylation is 2. The van der Waals surface area contributed by atoms with E-state index in [2.05, 4.69) is 39.8 Å². The van der Waals surface area contributed by atoms with E-state index in [0.717, 1.165) is 28.7 Å². The van der Waals surface area contributed by atoms with Gasteiger partial charge in [-0.2, -0.15) is 5.10 Å². The zero-order valence-electron chi connectivity index (χ0n) is 12.8. The SMILES string of the molecule is Cc1nn(CCC(=O)N2C(C)CCCC2C)c(C)c1Br. The lowest BCUT2D eigenvalue weighted by atomic mass is 9.97. The van der Waals surface area contributed by atoms with Crippen LogP contribution >= 0.6 is 15.9 Å². The van der Waals surface area contributed by atoms with Crippen molar-refractivity contribution in [1.82, 2.24) is 14.7 Å². The Morgan fingerprint density at radius 1 is 1.30 bits per heavy atom. The smallest absolute Gasteiger partial charge is 0.224 e. The van der Waals surface area contributed by atoms with E-state index in [9.17, 15) is 4.79 Å². The van der Waals surface area contributed by atoms with Gasteiger partial charge in [-0.05, 0) is 62.9 Å². The van der Waals surface area contributed by atoms with Gasteiger partial charge in [0.15, 0.2) is 0 Å². The molecule has 0 radical (unpaired) electrons. The van der Waals surface area contributed by atoms with E-state index >= 15 is 0 Å². The third-order valence-electron chi connectivity index (χ3n) is 4.31. The summed E-state index contributed by atoms with van der Waals surface area (Å²) in [5, 5.41) is 4.46. The van der Waals surface area contributed by atoms with Crippen molar-refractivity contribution in [1.29, 1.82) is 0 Å². The molecule has 1 amide bonds. The fourth-order valence-corrected chi connectivity index (χ4v) is 3.42. The second-order valence-corrected chi connectivity index (χ2v) is 6.68. The minimum absolute atomic E-state index is 0.258. The van der Waals surface area contributed by atoms with Crippen LogP contribution in [0.2, 0.25) is 0 Å². The molecule has 1 aromatic rings. The van der Waals surface area contributed by atoms with Crippen LogP contribution in [0.4, 0.5) is 0 Å². The van der Waals surface area contributed by atoms with Gasteiger partial charge in [-0.15, -0.1) is 0 Å². The predicted molar refractivity (Wildman–Crippen MR) is 83.6 cm³/mol. The number of hydrogen-bond donors (Lipinski definition) is 0. The maximum Gasteiger partial charge on any atom is 0.224 e. The molecule has 5 heteroatoms. The Hall–Kier alpha value is -0.840. The molecule has 1 fully saturated rings. The van der Waals surface area contributed by atoms with E-state index < -0.39 is 0 Å². The minimum Gasteiger partial charge on any atom is -0.337 e. The van der Waals surface area contributed by atoms with E-state index in [1.54, 1.807) is 0 Å². The van der Waals surface area contributed by atoms with Gasteiger partial charge >= 0.3 is 0 Å². The van der Waals surface area contributed by atoms with Crippen molar-refractivity contribution >= 4 is 21.8 Å². The minimum atomic E-state index is 0.258. The zero-order chi connectivity index (χ0) is 14.9. The number of aromatic nitrogens is 2. The van der Waals surface area contributed by atoms with Crippen LogP contribution < -0.4 is 0 Å². The molecule has 2 rings (SSSR count). The van der Waals surface area contributed by atoms with Gasteiger partial charge in [0.1, 0.15) is 0 Å². The van der Waals surface area contributed by atoms with Crippen molar-refractivity contribution in [3.8, 4) is 0 Å². The van der Waals surface area contributed by atoms with Crippen molar-refractivity contribution in [2.24, 2.45) is 0 Å². The van der Waals surface area contributed by atoms with Crippen LogP contribution in [0.1, 0.15) is 50.9 Å². The number of halogens is 1. The quantitative estimate of drug-likeness (QED) is 0.844. The summed E-state index contributed by atoms with van der Waals surface area (Å²) >= 11 is 3.52. The Bertz CT molecular complexity index is 488. The first-order chi connectivity index (χ1) is 9.41. The molecule has 1 aromatic heterocycles. The Kier molecular flexibility index (Phi) is 4.89. The first-order valence-electron chi connectivity index (χ1n) is 7.42. The van der Waals surface area contributed by atoms with Crippen LogP contribution in [0.5, 0.6) is 0 Å². The largest absolute Gasteiger partial charge is 0.337 e. The number of amides is 1. The molecule has 2 atom stereocenters. The van der Waals surface area contributed by atoms with Crippen molar-refractivity contribution in [2.75, 3.05) is 0 Å². The molecule has 2 unspecified atom stereocenters. The highest BCUT2D eigenvalue weighted by Gasteiger charge is 2.28. The van der Waals surface area contributed by atoms with E-state index in [0.29, 0.717) is 25.0 Å². The summed E-state index contributed by atoms with van der Waals surface area (Å²) in [7, 11) is 0. The standard InChI is InChI=1S/C15H24BrN3O/c1-10-6-5-7-11(2)19(10)14(20)8-9-18-13(4)15(16)12(3)17-18/h10-11H,5-9H2,1-4H3. The topological polar surface area (TPSA) is 38.1 Å². The third kappa shape index (κ3) is 3.08. The lowest BCUT2D eigenvalue weighted by Gasteiger charge is -2.39. The average Bonchev–Trinajstić information content (AvgIpc) is 2.63. The van der Waals surface area contributed by atoms with Gasteiger partial charge in [0.2, 0.25) is 5.91 Å².